The van der Waals surface area contributed by atoms with E-state index in [2.05, 4.69) is 43.9 Å². The molecule has 0 bridgehead atoms. The first-order valence-electron chi connectivity index (χ1n) is 6.93. The number of rotatable bonds is 6. The summed E-state index contributed by atoms with van der Waals surface area (Å²) >= 11 is 0. The summed E-state index contributed by atoms with van der Waals surface area (Å²) in [6, 6.07) is 10.3. The molecule has 1 aromatic heterocycles. The molecule has 21 heavy (non-hydrogen) atoms. The Morgan fingerprint density at radius 2 is 2.14 bits per heavy atom. The molecule has 0 atom stereocenters. The SMILES string of the molecule is C=CCNC(=NC)NCc1nccn1Cc1ccccc1. The number of guanidine groups is 1. The second-order valence-corrected chi connectivity index (χ2v) is 4.55. The van der Waals surface area contributed by atoms with Crippen molar-refractivity contribution in [3.05, 3.63) is 66.8 Å². The number of aromatic nitrogens is 2. The molecule has 2 rings (SSSR count). The van der Waals surface area contributed by atoms with Gasteiger partial charge in [0, 0.05) is 32.5 Å². The molecule has 0 aliphatic carbocycles. The Kier molecular flexibility index (Phi) is 5.58. The molecule has 0 radical (unpaired) electrons. The molecule has 5 nitrogen and oxygen atoms in total. The Morgan fingerprint density at radius 3 is 2.86 bits per heavy atom. The second kappa shape index (κ2) is 7.89. The number of imidazole rings is 1. The summed E-state index contributed by atoms with van der Waals surface area (Å²) in [6.07, 6.45) is 5.60. The van der Waals surface area contributed by atoms with Crippen LogP contribution in [0.15, 0.2) is 60.4 Å². The Hall–Kier alpha value is -2.56. The van der Waals surface area contributed by atoms with Crippen molar-refractivity contribution >= 4 is 5.96 Å². The maximum absolute atomic E-state index is 4.40. The Bertz CT molecular complexity index is 586. The molecule has 2 aromatic rings. The van der Waals surface area contributed by atoms with E-state index in [0.29, 0.717) is 13.1 Å². The summed E-state index contributed by atoms with van der Waals surface area (Å²) in [5.41, 5.74) is 1.26. The smallest absolute Gasteiger partial charge is 0.191 e. The van der Waals surface area contributed by atoms with E-state index < -0.39 is 0 Å². The van der Waals surface area contributed by atoms with Gasteiger partial charge in [-0.25, -0.2) is 4.98 Å². The zero-order chi connectivity index (χ0) is 14.9. The summed E-state index contributed by atoms with van der Waals surface area (Å²) in [5.74, 6) is 1.71. The Morgan fingerprint density at radius 1 is 1.33 bits per heavy atom. The summed E-state index contributed by atoms with van der Waals surface area (Å²) in [4.78, 5) is 8.54. The third kappa shape index (κ3) is 4.49. The van der Waals surface area contributed by atoms with Crippen molar-refractivity contribution < 1.29 is 0 Å². The molecule has 5 heteroatoms. The van der Waals surface area contributed by atoms with E-state index in [1.807, 2.05) is 30.6 Å². The standard InChI is InChI=1S/C16H21N5/c1-3-9-19-16(17-2)20-12-15-18-10-11-21(15)13-14-7-5-4-6-8-14/h3-8,10-11H,1,9,12-13H2,2H3,(H2,17,19,20). The van der Waals surface area contributed by atoms with Gasteiger partial charge in [0.25, 0.3) is 0 Å². The first kappa shape index (κ1) is 14.8. The van der Waals surface area contributed by atoms with Crippen molar-refractivity contribution in [3.63, 3.8) is 0 Å². The number of nitrogens with zero attached hydrogens (tertiary/aromatic N) is 3. The second-order valence-electron chi connectivity index (χ2n) is 4.55. The van der Waals surface area contributed by atoms with Gasteiger partial charge in [-0.3, -0.25) is 4.99 Å². The molecular weight excluding hydrogens is 262 g/mol. The van der Waals surface area contributed by atoms with Gasteiger partial charge in [0.15, 0.2) is 5.96 Å². The van der Waals surface area contributed by atoms with Gasteiger partial charge in [-0.05, 0) is 5.56 Å². The van der Waals surface area contributed by atoms with Crippen LogP contribution in [0.3, 0.4) is 0 Å². The van der Waals surface area contributed by atoms with Gasteiger partial charge in [0.1, 0.15) is 5.82 Å². The van der Waals surface area contributed by atoms with E-state index in [4.69, 9.17) is 0 Å². The third-order valence-corrected chi connectivity index (χ3v) is 3.05. The lowest BCUT2D eigenvalue weighted by molar-refractivity contribution is 0.691. The minimum absolute atomic E-state index is 0.622. The van der Waals surface area contributed by atoms with Crippen LogP contribution < -0.4 is 10.6 Å². The number of benzene rings is 1. The maximum Gasteiger partial charge on any atom is 0.191 e. The predicted molar refractivity (Wildman–Crippen MR) is 86.2 cm³/mol. The lowest BCUT2D eigenvalue weighted by atomic mass is 10.2. The van der Waals surface area contributed by atoms with Crippen LogP contribution in [0.1, 0.15) is 11.4 Å². The summed E-state index contributed by atoms with van der Waals surface area (Å²) in [7, 11) is 1.74. The average Bonchev–Trinajstić information content (AvgIpc) is 2.96. The van der Waals surface area contributed by atoms with E-state index in [-0.39, 0.29) is 0 Å². The zero-order valence-electron chi connectivity index (χ0n) is 12.3. The normalized spacial score (nSPS) is 11.2. The first-order chi connectivity index (χ1) is 10.3. The summed E-state index contributed by atoms with van der Waals surface area (Å²) in [5, 5.41) is 6.38. The number of hydrogen-bond acceptors (Lipinski definition) is 2. The van der Waals surface area contributed by atoms with Gasteiger partial charge in [-0.2, -0.15) is 0 Å². The number of nitrogens with one attached hydrogen (secondary N) is 2. The average molecular weight is 283 g/mol. The van der Waals surface area contributed by atoms with E-state index in [1.165, 1.54) is 5.56 Å². The molecule has 0 saturated carbocycles. The van der Waals surface area contributed by atoms with Gasteiger partial charge in [0.05, 0.1) is 6.54 Å². The minimum Gasteiger partial charge on any atom is -0.353 e. The van der Waals surface area contributed by atoms with Gasteiger partial charge in [-0.1, -0.05) is 36.4 Å². The van der Waals surface area contributed by atoms with Crippen molar-refractivity contribution in [1.82, 2.24) is 20.2 Å². The number of aliphatic imine (C=N–C) groups is 1. The van der Waals surface area contributed by atoms with Crippen molar-refractivity contribution in [2.45, 2.75) is 13.1 Å². The predicted octanol–water partition coefficient (Wildman–Crippen LogP) is 1.78. The van der Waals surface area contributed by atoms with Crippen molar-refractivity contribution in [1.29, 1.82) is 0 Å². The lowest BCUT2D eigenvalue weighted by Crippen LogP contribution is -2.37. The fourth-order valence-corrected chi connectivity index (χ4v) is 1.98. The minimum atomic E-state index is 0.622. The van der Waals surface area contributed by atoms with E-state index in [9.17, 15) is 0 Å². The van der Waals surface area contributed by atoms with Gasteiger partial charge in [0.2, 0.25) is 0 Å². The highest BCUT2D eigenvalue weighted by atomic mass is 15.2. The molecule has 0 spiro atoms. The van der Waals surface area contributed by atoms with Crippen molar-refractivity contribution in [2.75, 3.05) is 13.6 Å². The highest BCUT2D eigenvalue weighted by Crippen LogP contribution is 2.05. The van der Waals surface area contributed by atoms with Crippen LogP contribution in [-0.2, 0) is 13.1 Å². The molecule has 1 aromatic carbocycles. The summed E-state index contributed by atoms with van der Waals surface area (Å²) < 4.78 is 2.13. The summed E-state index contributed by atoms with van der Waals surface area (Å²) in [6.45, 7) is 5.79. The molecule has 0 unspecified atom stereocenters. The number of hydrogen-bond donors (Lipinski definition) is 2. The van der Waals surface area contributed by atoms with Crippen molar-refractivity contribution in [2.24, 2.45) is 4.99 Å². The topological polar surface area (TPSA) is 54.2 Å². The van der Waals surface area contributed by atoms with Crippen LogP contribution in [0.2, 0.25) is 0 Å². The maximum atomic E-state index is 4.40. The quantitative estimate of drug-likeness (QED) is 0.483. The lowest BCUT2D eigenvalue weighted by Gasteiger charge is -2.12. The highest BCUT2D eigenvalue weighted by Gasteiger charge is 2.04. The van der Waals surface area contributed by atoms with Crippen molar-refractivity contribution in [3.8, 4) is 0 Å². The molecule has 0 aliphatic heterocycles. The van der Waals surface area contributed by atoms with Crippen LogP contribution in [0.25, 0.3) is 0 Å². The highest BCUT2D eigenvalue weighted by molar-refractivity contribution is 5.79. The van der Waals surface area contributed by atoms with Gasteiger partial charge in [-0.15, -0.1) is 6.58 Å². The third-order valence-electron chi connectivity index (χ3n) is 3.05. The zero-order valence-corrected chi connectivity index (χ0v) is 12.3. The molecule has 2 N–H and O–H groups in total. The van der Waals surface area contributed by atoms with E-state index >= 15 is 0 Å². The molecule has 0 aliphatic rings. The van der Waals surface area contributed by atoms with Crippen LogP contribution >= 0.6 is 0 Å². The van der Waals surface area contributed by atoms with Crippen LogP contribution in [0.4, 0.5) is 0 Å². The van der Waals surface area contributed by atoms with E-state index in [1.54, 1.807) is 13.1 Å². The van der Waals surface area contributed by atoms with Crippen LogP contribution in [-0.4, -0.2) is 29.1 Å². The van der Waals surface area contributed by atoms with Crippen LogP contribution in [0, 0.1) is 0 Å². The van der Waals surface area contributed by atoms with Crippen LogP contribution in [0.5, 0.6) is 0 Å². The van der Waals surface area contributed by atoms with Gasteiger partial charge < -0.3 is 15.2 Å². The van der Waals surface area contributed by atoms with E-state index in [0.717, 1.165) is 18.3 Å². The Labute approximate surface area is 125 Å². The largest absolute Gasteiger partial charge is 0.353 e. The monoisotopic (exact) mass is 283 g/mol. The molecule has 0 amide bonds. The molecule has 0 saturated heterocycles. The van der Waals surface area contributed by atoms with Gasteiger partial charge >= 0.3 is 0 Å². The first-order valence-corrected chi connectivity index (χ1v) is 6.93. The Balaban J connectivity index is 1.95. The molecule has 110 valence electrons. The fourth-order valence-electron chi connectivity index (χ4n) is 1.98. The molecule has 1 heterocycles. The molecule has 0 fully saturated rings. The fraction of sp³-hybridized carbons (Fsp3) is 0.250. The molecular formula is C16H21N5.